The zero-order chi connectivity index (χ0) is 34.3. The Bertz CT molecular complexity index is 1530. The van der Waals surface area contributed by atoms with Gasteiger partial charge in [-0.1, -0.05) is 40.5 Å². The van der Waals surface area contributed by atoms with Crippen LogP contribution in [0.5, 0.6) is 11.6 Å². The fourth-order valence-electron chi connectivity index (χ4n) is 8.56. The molecule has 0 radical (unpaired) electrons. The maximum atomic E-state index is 14.4. The summed E-state index contributed by atoms with van der Waals surface area (Å²) in [5.74, 6) is 0.748. The van der Waals surface area contributed by atoms with Crippen molar-refractivity contribution < 1.29 is 37.4 Å². The van der Waals surface area contributed by atoms with Crippen LogP contribution in [0.25, 0.3) is 11.0 Å². The normalized spacial score (nSPS) is 31.4. The number of ketones is 1. The van der Waals surface area contributed by atoms with Gasteiger partial charge in [0.1, 0.15) is 29.7 Å². The molecular formula is C36H48F2N4O6. The smallest absolute Gasteiger partial charge is 0.408 e. The molecule has 1 N–H and O–H groups in total. The quantitative estimate of drug-likeness (QED) is 0.393. The average Bonchev–Trinajstić information content (AvgIpc) is 3.47. The highest BCUT2D eigenvalue weighted by Crippen LogP contribution is 2.53. The number of ether oxygens (including phenoxy) is 3. The molecule has 3 heterocycles. The summed E-state index contributed by atoms with van der Waals surface area (Å²) in [5.41, 5.74) is 0.839. The number of fused-ring (bicyclic) bond motifs is 7. The molecule has 10 nitrogen and oxygen atoms in total. The van der Waals surface area contributed by atoms with Crippen molar-refractivity contribution in [2.24, 2.45) is 29.1 Å². The number of nitrogens with one attached hydrogen (secondary N) is 1. The van der Waals surface area contributed by atoms with Gasteiger partial charge >= 0.3 is 12.7 Å². The molecule has 0 spiro atoms. The van der Waals surface area contributed by atoms with Gasteiger partial charge in [-0.15, -0.1) is 0 Å². The van der Waals surface area contributed by atoms with Crippen LogP contribution in [-0.4, -0.2) is 70.1 Å². The van der Waals surface area contributed by atoms with E-state index in [0.717, 1.165) is 44.9 Å². The number of hydrogen-bond acceptors (Lipinski definition) is 8. The molecule has 8 atom stereocenters. The van der Waals surface area contributed by atoms with Crippen LogP contribution in [0.1, 0.15) is 91.7 Å². The van der Waals surface area contributed by atoms with E-state index < -0.39 is 36.3 Å². The van der Waals surface area contributed by atoms with E-state index in [1.807, 2.05) is 27.7 Å². The minimum absolute atomic E-state index is 0.0363. The third-order valence-corrected chi connectivity index (χ3v) is 11.0. The number of aryl methyl sites for hydroxylation is 1. The number of alkyl halides is 2. The summed E-state index contributed by atoms with van der Waals surface area (Å²) in [6.45, 7) is 6.19. The van der Waals surface area contributed by atoms with E-state index >= 15 is 0 Å². The zero-order valence-electron chi connectivity index (χ0n) is 28.5. The number of benzene rings is 1. The molecule has 1 aromatic carbocycles. The Morgan fingerprint density at radius 1 is 1.04 bits per heavy atom. The maximum absolute atomic E-state index is 14.4. The second kappa shape index (κ2) is 13.7. The van der Waals surface area contributed by atoms with Crippen LogP contribution < -0.4 is 14.8 Å². The van der Waals surface area contributed by atoms with Crippen molar-refractivity contribution in [1.82, 2.24) is 20.2 Å². The second-order valence-corrected chi connectivity index (χ2v) is 15.2. The summed E-state index contributed by atoms with van der Waals surface area (Å²) in [4.78, 5) is 52.2. The number of Topliss-reactive ketones (excluding diaryl/α,β-unsaturated/α-hetero) is 1. The van der Waals surface area contributed by atoms with E-state index in [-0.39, 0.29) is 47.8 Å². The molecule has 3 fully saturated rings. The number of aromatic nitrogens is 2. The Hall–Kier alpha value is -3.57. The topological polar surface area (TPSA) is 120 Å². The lowest BCUT2D eigenvalue weighted by molar-refractivity contribution is -0.141. The highest BCUT2D eigenvalue weighted by molar-refractivity contribution is 5.92. The predicted octanol–water partition coefficient (Wildman–Crippen LogP) is 6.48. The molecule has 48 heavy (non-hydrogen) atoms. The van der Waals surface area contributed by atoms with Crippen molar-refractivity contribution in [3.8, 4) is 11.6 Å². The molecule has 1 aromatic heterocycles. The Labute approximate surface area is 280 Å². The summed E-state index contributed by atoms with van der Waals surface area (Å²) in [7, 11) is 0. The highest BCUT2D eigenvalue weighted by Gasteiger charge is 2.52. The van der Waals surface area contributed by atoms with Gasteiger partial charge < -0.3 is 24.4 Å². The van der Waals surface area contributed by atoms with Gasteiger partial charge in [-0.3, -0.25) is 9.59 Å². The highest BCUT2D eigenvalue weighted by atomic mass is 19.3. The minimum atomic E-state index is -2.98. The van der Waals surface area contributed by atoms with Crippen molar-refractivity contribution in [2.75, 3.05) is 6.54 Å². The first-order chi connectivity index (χ1) is 22.8. The molecule has 4 aliphatic rings. The van der Waals surface area contributed by atoms with Gasteiger partial charge in [-0.05, 0) is 87.2 Å². The van der Waals surface area contributed by atoms with Crippen molar-refractivity contribution in [2.45, 2.75) is 123 Å². The molecule has 2 aliphatic heterocycles. The van der Waals surface area contributed by atoms with Crippen molar-refractivity contribution in [1.29, 1.82) is 0 Å². The van der Waals surface area contributed by atoms with Gasteiger partial charge in [0.15, 0.2) is 5.78 Å². The van der Waals surface area contributed by atoms with Gasteiger partial charge in [0.05, 0.1) is 23.6 Å². The van der Waals surface area contributed by atoms with Gasteiger partial charge in [0, 0.05) is 12.0 Å². The first-order valence-corrected chi connectivity index (χ1v) is 17.5. The van der Waals surface area contributed by atoms with Gasteiger partial charge in [-0.2, -0.15) is 8.78 Å². The zero-order valence-corrected chi connectivity index (χ0v) is 28.5. The lowest BCUT2D eigenvalue weighted by Crippen LogP contribution is -2.57. The molecule has 2 aromatic rings. The number of carbonyl (C=O) groups is 3. The number of rotatable bonds is 4. The Kier molecular flexibility index (Phi) is 9.82. The standard InChI is InChI=1S/C36H48F2N4O6/c1-6-22-29-18-42(30(22)19(2)43)33(44)31(36(3,4)5)41-35(45)48-28-16-20-12-14-23(20)24(28)10-8-7-9-11-26-32(47-29)40-27-17-21(46-34(37)38)13-15-25(27)39-26/h13,15,17,20,22-24,28-31,34H,6-12,14,16,18H2,1-5H3,(H,41,45)/t20?,22-,23?,24-,28-,29+,30-,31-/m1/s1. The van der Waals surface area contributed by atoms with Crippen molar-refractivity contribution >= 4 is 28.8 Å². The first-order valence-electron chi connectivity index (χ1n) is 17.5. The van der Waals surface area contributed by atoms with Gasteiger partial charge in [-0.25, -0.2) is 14.8 Å². The first kappa shape index (κ1) is 34.3. The third kappa shape index (κ3) is 6.94. The second-order valence-electron chi connectivity index (χ2n) is 15.2. The average molecular weight is 671 g/mol. The van der Waals surface area contributed by atoms with E-state index in [1.54, 1.807) is 11.0 Å². The SMILES string of the molecule is CC[C@@H]1[C@@H]2CN(C(=O)[C@H](C(C)(C)C)NC(=O)O[C@@H]3CC4CCC4[C@H]3CCCCCc3nc4ccc(OC(F)F)cc4nc3O2)[C@@H]1C(C)=O. The Morgan fingerprint density at radius 3 is 2.50 bits per heavy atom. The van der Waals surface area contributed by atoms with Crippen molar-refractivity contribution in [3.05, 3.63) is 23.9 Å². The predicted molar refractivity (Wildman–Crippen MR) is 174 cm³/mol. The number of carbonyl (C=O) groups excluding carboxylic acids is 3. The van der Waals surface area contributed by atoms with E-state index in [0.29, 0.717) is 41.4 Å². The van der Waals surface area contributed by atoms with E-state index in [2.05, 4.69) is 10.1 Å². The van der Waals surface area contributed by atoms with E-state index in [9.17, 15) is 23.2 Å². The molecular weight excluding hydrogens is 622 g/mol. The fraction of sp³-hybridized carbons (Fsp3) is 0.694. The Morgan fingerprint density at radius 2 is 1.83 bits per heavy atom. The van der Waals surface area contributed by atoms with E-state index in [1.165, 1.54) is 19.1 Å². The summed E-state index contributed by atoms with van der Waals surface area (Å²) in [6.07, 6.45) is 6.61. The lowest BCUT2D eigenvalue weighted by Gasteiger charge is -2.36. The largest absolute Gasteiger partial charge is 0.471 e. The van der Waals surface area contributed by atoms with Gasteiger partial charge in [0.25, 0.3) is 0 Å². The number of halogens is 2. The molecule has 2 saturated carbocycles. The lowest BCUT2D eigenvalue weighted by atomic mass is 9.71. The molecule has 2 unspecified atom stereocenters. The fourth-order valence-corrected chi connectivity index (χ4v) is 8.56. The maximum Gasteiger partial charge on any atom is 0.408 e. The number of alkyl carbamates (subject to hydrolysis) is 1. The number of amides is 2. The van der Waals surface area contributed by atoms with Crippen LogP contribution in [0.2, 0.25) is 0 Å². The van der Waals surface area contributed by atoms with Crippen LogP contribution in [0.15, 0.2) is 18.2 Å². The van der Waals surface area contributed by atoms with Crippen molar-refractivity contribution in [3.63, 3.8) is 0 Å². The van der Waals surface area contributed by atoms with E-state index in [4.69, 9.17) is 19.4 Å². The van der Waals surface area contributed by atoms with Crippen LogP contribution in [0, 0.1) is 29.1 Å². The molecule has 2 bridgehead atoms. The monoisotopic (exact) mass is 670 g/mol. The third-order valence-electron chi connectivity index (χ3n) is 11.0. The van der Waals surface area contributed by atoms with Gasteiger partial charge in [0.2, 0.25) is 11.8 Å². The van der Waals surface area contributed by atoms with Crippen LogP contribution in [0.3, 0.4) is 0 Å². The van der Waals surface area contributed by atoms with Crippen LogP contribution in [0.4, 0.5) is 13.6 Å². The summed E-state index contributed by atoms with van der Waals surface area (Å²) in [5, 5.41) is 2.91. The molecule has 6 rings (SSSR count). The molecule has 12 heteroatoms. The number of nitrogens with zero attached hydrogens (tertiary/aromatic N) is 3. The minimum Gasteiger partial charge on any atom is -0.471 e. The molecule has 2 aliphatic carbocycles. The molecule has 2 amide bonds. The number of hydrogen-bond donors (Lipinski definition) is 1. The Balaban J connectivity index is 1.38. The van der Waals surface area contributed by atoms with Crippen LogP contribution >= 0.6 is 0 Å². The molecule has 262 valence electrons. The van der Waals surface area contributed by atoms with Crippen LogP contribution in [-0.2, 0) is 20.7 Å². The summed E-state index contributed by atoms with van der Waals surface area (Å²) >= 11 is 0. The summed E-state index contributed by atoms with van der Waals surface area (Å²) in [6, 6.07) is 2.76. The molecule has 1 saturated heterocycles. The summed E-state index contributed by atoms with van der Waals surface area (Å²) < 4.78 is 43.3.